The Kier molecular flexibility index (Phi) is 1.90. The van der Waals surface area contributed by atoms with Gasteiger partial charge in [0.05, 0.1) is 6.10 Å². The Morgan fingerprint density at radius 3 is 2.25 bits per heavy atom. The zero-order valence-corrected chi connectivity index (χ0v) is 5.39. The van der Waals surface area contributed by atoms with E-state index in [4.69, 9.17) is 0 Å². The topological polar surface area (TPSA) is 19.9 Å². The fourth-order valence-corrected chi connectivity index (χ4v) is 1.28. The summed E-state index contributed by atoms with van der Waals surface area (Å²) in [5, 5.41) is 10.9. The summed E-state index contributed by atoms with van der Waals surface area (Å²) < 4.78 is 0. The molecule has 8 heavy (non-hydrogen) atoms. The molecule has 0 amide bonds. The van der Waals surface area contributed by atoms with Gasteiger partial charge in [-0.2, -0.15) is 0 Å². The first-order chi connectivity index (χ1) is 3.80. The number of hydrogen-bond acceptors (Lipinski definition) is 0. The van der Waals surface area contributed by atoms with E-state index in [2.05, 4.69) is 6.92 Å². The number of hydrogen-bond donors (Lipinski definition) is 0. The lowest BCUT2D eigenvalue weighted by Crippen LogP contribution is -2.19. The van der Waals surface area contributed by atoms with Crippen LogP contribution in [0.4, 0.5) is 0 Å². The first-order valence-corrected chi connectivity index (χ1v) is 3.46. The van der Waals surface area contributed by atoms with Gasteiger partial charge in [-0.25, -0.2) is 5.11 Å². The third-order valence-electron chi connectivity index (χ3n) is 2.03. The van der Waals surface area contributed by atoms with E-state index in [1.165, 1.54) is 12.8 Å². The van der Waals surface area contributed by atoms with Gasteiger partial charge in [-0.3, -0.25) is 0 Å². The van der Waals surface area contributed by atoms with Crippen molar-refractivity contribution in [3.63, 3.8) is 0 Å². The standard InChI is InChI=1S/C7H13O/c1-6-4-2-3-5-7(6)8/h6-7H,2-5H2,1H3/t6-,7+/m0/s1. The van der Waals surface area contributed by atoms with Crippen molar-refractivity contribution in [1.82, 2.24) is 0 Å². The smallest absolute Gasteiger partial charge is 0.0955 e. The van der Waals surface area contributed by atoms with Crippen LogP contribution in [0.2, 0.25) is 0 Å². The third-order valence-corrected chi connectivity index (χ3v) is 2.03. The van der Waals surface area contributed by atoms with Crippen LogP contribution in [-0.4, -0.2) is 6.10 Å². The second-order valence-electron chi connectivity index (χ2n) is 2.80. The van der Waals surface area contributed by atoms with Gasteiger partial charge >= 0.3 is 0 Å². The number of rotatable bonds is 0. The zero-order valence-electron chi connectivity index (χ0n) is 5.39. The third kappa shape index (κ3) is 1.22. The SMILES string of the molecule is C[C@H]1CCCC[C@H]1[O]. The molecule has 0 N–H and O–H groups in total. The largest absolute Gasteiger partial charge is 0.233 e. The summed E-state index contributed by atoms with van der Waals surface area (Å²) >= 11 is 0. The molecule has 1 rings (SSSR count). The van der Waals surface area contributed by atoms with Crippen LogP contribution >= 0.6 is 0 Å². The van der Waals surface area contributed by atoms with Gasteiger partial charge in [0.1, 0.15) is 0 Å². The summed E-state index contributed by atoms with van der Waals surface area (Å²) in [5.74, 6) is 0.448. The molecule has 47 valence electrons. The van der Waals surface area contributed by atoms with E-state index >= 15 is 0 Å². The molecular formula is C7H13O. The molecule has 0 unspecified atom stereocenters. The molecule has 0 spiro atoms. The maximum absolute atomic E-state index is 10.9. The van der Waals surface area contributed by atoms with Gasteiger partial charge in [0.2, 0.25) is 0 Å². The van der Waals surface area contributed by atoms with Crippen molar-refractivity contribution in [2.75, 3.05) is 0 Å². The highest BCUT2D eigenvalue weighted by Crippen LogP contribution is 2.23. The van der Waals surface area contributed by atoms with Crippen molar-refractivity contribution in [3.05, 3.63) is 0 Å². The summed E-state index contributed by atoms with van der Waals surface area (Å²) in [5.41, 5.74) is 0. The van der Waals surface area contributed by atoms with E-state index in [1.807, 2.05) is 0 Å². The summed E-state index contributed by atoms with van der Waals surface area (Å²) in [6.07, 6.45) is 4.28. The average molecular weight is 113 g/mol. The Morgan fingerprint density at radius 2 is 1.88 bits per heavy atom. The summed E-state index contributed by atoms with van der Waals surface area (Å²) in [6.45, 7) is 2.07. The van der Waals surface area contributed by atoms with E-state index in [0.29, 0.717) is 5.92 Å². The molecule has 0 aromatic heterocycles. The molecule has 1 saturated carbocycles. The molecular weight excluding hydrogens is 100 g/mol. The molecule has 1 heteroatoms. The van der Waals surface area contributed by atoms with Gasteiger partial charge < -0.3 is 0 Å². The van der Waals surface area contributed by atoms with Crippen LogP contribution in [0, 0.1) is 5.92 Å². The molecule has 1 fully saturated rings. The van der Waals surface area contributed by atoms with Gasteiger partial charge in [-0.1, -0.05) is 19.8 Å². The Hall–Kier alpha value is -0.0400. The lowest BCUT2D eigenvalue weighted by atomic mass is 9.88. The fraction of sp³-hybridized carbons (Fsp3) is 1.00. The minimum atomic E-state index is -0.247. The van der Waals surface area contributed by atoms with Crippen LogP contribution in [0.5, 0.6) is 0 Å². The summed E-state index contributed by atoms with van der Waals surface area (Å²) in [7, 11) is 0. The minimum Gasteiger partial charge on any atom is -0.233 e. The van der Waals surface area contributed by atoms with Crippen molar-refractivity contribution in [1.29, 1.82) is 0 Å². The van der Waals surface area contributed by atoms with Crippen LogP contribution in [0.1, 0.15) is 32.6 Å². The highest BCUT2D eigenvalue weighted by molar-refractivity contribution is 4.69. The fourth-order valence-electron chi connectivity index (χ4n) is 1.28. The van der Waals surface area contributed by atoms with Crippen molar-refractivity contribution >= 4 is 0 Å². The van der Waals surface area contributed by atoms with E-state index in [1.54, 1.807) is 0 Å². The van der Waals surface area contributed by atoms with E-state index < -0.39 is 0 Å². The monoisotopic (exact) mass is 113 g/mol. The van der Waals surface area contributed by atoms with Crippen LogP contribution in [-0.2, 0) is 5.11 Å². The van der Waals surface area contributed by atoms with E-state index in [9.17, 15) is 5.11 Å². The van der Waals surface area contributed by atoms with Crippen LogP contribution in [0.15, 0.2) is 0 Å². The second-order valence-corrected chi connectivity index (χ2v) is 2.80. The summed E-state index contributed by atoms with van der Waals surface area (Å²) in [6, 6.07) is 0. The first kappa shape index (κ1) is 6.09. The lowest BCUT2D eigenvalue weighted by molar-refractivity contribution is 0.0155. The van der Waals surface area contributed by atoms with Crippen LogP contribution in [0.3, 0.4) is 0 Å². The predicted molar refractivity (Wildman–Crippen MR) is 32.1 cm³/mol. The first-order valence-electron chi connectivity index (χ1n) is 3.46. The molecule has 1 aliphatic carbocycles. The average Bonchev–Trinajstić information content (AvgIpc) is 1.77. The Labute approximate surface area is 50.7 Å². The van der Waals surface area contributed by atoms with Crippen molar-refractivity contribution in [2.24, 2.45) is 5.92 Å². The Bertz CT molecular complexity index is 60.8. The molecule has 2 atom stereocenters. The summed E-state index contributed by atoms with van der Waals surface area (Å²) in [4.78, 5) is 0. The van der Waals surface area contributed by atoms with Gasteiger partial charge in [0.25, 0.3) is 0 Å². The maximum atomic E-state index is 10.9. The molecule has 0 saturated heterocycles. The molecule has 0 aromatic rings. The van der Waals surface area contributed by atoms with Crippen LogP contribution in [0.25, 0.3) is 0 Å². The molecule has 0 aliphatic heterocycles. The molecule has 0 heterocycles. The van der Waals surface area contributed by atoms with Gasteiger partial charge in [0.15, 0.2) is 0 Å². The van der Waals surface area contributed by atoms with Gasteiger partial charge in [0, 0.05) is 0 Å². The van der Waals surface area contributed by atoms with Crippen molar-refractivity contribution < 1.29 is 5.11 Å². The maximum Gasteiger partial charge on any atom is 0.0955 e. The molecule has 1 radical (unpaired) electrons. The second kappa shape index (κ2) is 2.49. The van der Waals surface area contributed by atoms with E-state index in [-0.39, 0.29) is 6.10 Å². The van der Waals surface area contributed by atoms with Crippen molar-refractivity contribution in [2.45, 2.75) is 38.7 Å². The highest BCUT2D eigenvalue weighted by Gasteiger charge is 2.19. The Morgan fingerprint density at radius 1 is 1.25 bits per heavy atom. The molecule has 1 aliphatic rings. The highest BCUT2D eigenvalue weighted by atomic mass is 16.3. The van der Waals surface area contributed by atoms with Crippen molar-refractivity contribution in [3.8, 4) is 0 Å². The lowest BCUT2D eigenvalue weighted by Gasteiger charge is -2.21. The molecule has 0 aromatic carbocycles. The quantitative estimate of drug-likeness (QED) is 0.458. The van der Waals surface area contributed by atoms with Gasteiger partial charge in [-0.15, -0.1) is 0 Å². The van der Waals surface area contributed by atoms with Crippen LogP contribution < -0.4 is 0 Å². The zero-order chi connectivity index (χ0) is 5.98. The van der Waals surface area contributed by atoms with Gasteiger partial charge in [-0.05, 0) is 18.8 Å². The molecule has 1 nitrogen and oxygen atoms in total. The Balaban J connectivity index is 2.28. The van der Waals surface area contributed by atoms with E-state index in [0.717, 1.165) is 12.8 Å². The molecule has 0 bridgehead atoms. The normalized spacial score (nSPS) is 39.8. The minimum absolute atomic E-state index is 0.247. The predicted octanol–water partition coefficient (Wildman–Crippen LogP) is 2.00.